The second-order valence-corrected chi connectivity index (χ2v) is 15.9. The van der Waals surface area contributed by atoms with E-state index in [4.69, 9.17) is 0 Å². The predicted molar refractivity (Wildman–Crippen MR) is 184 cm³/mol. The third-order valence-electron chi connectivity index (χ3n) is 10.8. The molecule has 1 aliphatic carbocycles. The van der Waals surface area contributed by atoms with E-state index >= 15 is 0 Å². The summed E-state index contributed by atoms with van der Waals surface area (Å²) in [6, 6.07) is 19.9. The number of hydrogen-bond acceptors (Lipinski definition) is 7. The first kappa shape index (κ1) is 32.7. The Morgan fingerprint density at radius 2 is 1.50 bits per heavy atom. The minimum absolute atomic E-state index is 0. The van der Waals surface area contributed by atoms with E-state index in [9.17, 15) is 13.2 Å². The first-order chi connectivity index (χ1) is 22.2. The van der Waals surface area contributed by atoms with Crippen molar-refractivity contribution in [2.24, 2.45) is 23.5 Å². The van der Waals surface area contributed by atoms with Gasteiger partial charge in [0.15, 0.2) is 0 Å². The number of amides is 1. The van der Waals surface area contributed by atoms with Crippen molar-refractivity contribution in [1.29, 1.82) is 0 Å². The van der Waals surface area contributed by atoms with Gasteiger partial charge >= 0.3 is 0 Å². The molecule has 4 aliphatic rings. The highest BCUT2D eigenvalue weighted by Gasteiger charge is 2.51. The van der Waals surface area contributed by atoms with Gasteiger partial charge in [0.1, 0.15) is 0 Å². The standard InChI is InChI=1S/C35H44N4O2S.C2H5NO.H2/c1-37-25-28-6-2-5-9-34(28)35(26-37,29-7-3-4-8-29)30-16-20-38(21-17-30)22-27-23-39(24-27)31-10-12-32(13-11-31)42(40,41)33-14-18-36-19-15-33;1-2(3)4;/h2,5-6,9-15,18-19,27,29-30H,3-4,7-8,16-17,20-26H2,1H3;1H3,(H2,3,4);1H. The number of likely N-dealkylation sites (tertiary alicyclic amines) is 1. The van der Waals surface area contributed by atoms with Gasteiger partial charge in [-0.1, -0.05) is 37.1 Å². The Morgan fingerprint density at radius 3 is 2.15 bits per heavy atom. The molecular weight excluding hydrogens is 595 g/mol. The molecule has 2 saturated heterocycles. The van der Waals surface area contributed by atoms with Gasteiger partial charge < -0.3 is 20.4 Å². The van der Waals surface area contributed by atoms with E-state index in [1.165, 1.54) is 84.0 Å². The van der Waals surface area contributed by atoms with E-state index in [1.807, 2.05) is 12.1 Å². The Balaban J connectivity index is 0.000000822. The molecule has 7 rings (SSSR count). The van der Waals surface area contributed by atoms with Gasteiger partial charge in [-0.15, -0.1) is 0 Å². The van der Waals surface area contributed by atoms with Crippen LogP contribution in [0.25, 0.3) is 0 Å². The van der Waals surface area contributed by atoms with Crippen molar-refractivity contribution >= 4 is 21.4 Å². The number of fused-ring (bicyclic) bond motifs is 1. The molecule has 3 aliphatic heterocycles. The van der Waals surface area contributed by atoms with Crippen LogP contribution in [0.5, 0.6) is 0 Å². The molecule has 8 nitrogen and oxygen atoms in total. The maximum atomic E-state index is 12.9. The number of nitrogens with zero attached hydrogens (tertiary/aromatic N) is 4. The number of nitrogens with two attached hydrogens (primary N) is 1. The molecule has 1 saturated carbocycles. The molecule has 3 aromatic rings. The molecular formula is C37H51N5O3S. The Kier molecular flexibility index (Phi) is 9.83. The second-order valence-electron chi connectivity index (χ2n) is 14.0. The van der Waals surface area contributed by atoms with Crippen LogP contribution in [0.3, 0.4) is 0 Å². The van der Waals surface area contributed by atoms with E-state index in [0.29, 0.717) is 16.2 Å². The zero-order valence-electron chi connectivity index (χ0n) is 27.4. The van der Waals surface area contributed by atoms with E-state index in [0.717, 1.165) is 37.2 Å². The SMILES string of the molecule is CC(N)=O.CN1Cc2ccccc2C(C2CCCC2)(C2CCN(CC3CN(c4ccc(S(=O)(=O)c5ccncc5)cc4)C3)CC2)C1.[HH]. The molecule has 4 heterocycles. The van der Waals surface area contributed by atoms with Crippen molar-refractivity contribution in [3.63, 3.8) is 0 Å². The van der Waals surface area contributed by atoms with Gasteiger partial charge in [0, 0.05) is 70.5 Å². The predicted octanol–water partition coefficient (Wildman–Crippen LogP) is 5.37. The third kappa shape index (κ3) is 6.73. The normalized spacial score (nSPS) is 23.3. The largest absolute Gasteiger partial charge is 0.371 e. The van der Waals surface area contributed by atoms with Crippen LogP contribution in [0, 0.1) is 17.8 Å². The lowest BCUT2D eigenvalue weighted by Gasteiger charge is -2.54. The molecule has 3 fully saturated rings. The van der Waals surface area contributed by atoms with Gasteiger partial charge in [-0.3, -0.25) is 9.78 Å². The average Bonchev–Trinajstić information content (AvgIpc) is 3.58. The van der Waals surface area contributed by atoms with E-state index in [-0.39, 0.29) is 12.2 Å². The summed E-state index contributed by atoms with van der Waals surface area (Å²) < 4.78 is 25.8. The molecule has 248 valence electrons. The van der Waals surface area contributed by atoms with Crippen LogP contribution >= 0.6 is 0 Å². The molecule has 1 atom stereocenters. The molecule has 1 aromatic heterocycles. The first-order valence-electron chi connectivity index (χ1n) is 16.9. The number of pyridine rings is 1. The minimum Gasteiger partial charge on any atom is -0.371 e. The van der Waals surface area contributed by atoms with E-state index in [1.54, 1.807) is 35.4 Å². The van der Waals surface area contributed by atoms with Crippen molar-refractivity contribution in [1.82, 2.24) is 14.8 Å². The number of benzene rings is 2. The fraction of sp³-hybridized carbons (Fsp3) is 0.514. The highest BCUT2D eigenvalue weighted by Crippen LogP contribution is 2.53. The molecule has 0 bridgehead atoms. The lowest BCUT2D eigenvalue weighted by Crippen LogP contribution is -2.56. The molecule has 2 N–H and O–H groups in total. The molecule has 0 spiro atoms. The monoisotopic (exact) mass is 645 g/mol. The van der Waals surface area contributed by atoms with Crippen LogP contribution in [0.1, 0.15) is 58.0 Å². The van der Waals surface area contributed by atoms with Gasteiger partial charge in [0.25, 0.3) is 0 Å². The van der Waals surface area contributed by atoms with Crippen LogP contribution < -0.4 is 10.6 Å². The van der Waals surface area contributed by atoms with E-state index in [2.05, 4.69) is 56.7 Å². The quantitative estimate of drug-likeness (QED) is 0.369. The lowest BCUT2D eigenvalue weighted by atomic mass is 9.57. The smallest absolute Gasteiger partial charge is 0.214 e. The van der Waals surface area contributed by atoms with Crippen molar-refractivity contribution in [3.05, 3.63) is 84.2 Å². The van der Waals surface area contributed by atoms with Gasteiger partial charge in [-0.05, 0) is 105 Å². The first-order valence-corrected chi connectivity index (χ1v) is 18.4. The summed E-state index contributed by atoms with van der Waals surface area (Å²) in [5.41, 5.74) is 9.15. The average molecular weight is 646 g/mol. The molecule has 9 heteroatoms. The fourth-order valence-electron chi connectivity index (χ4n) is 8.84. The zero-order valence-corrected chi connectivity index (χ0v) is 28.2. The number of likely N-dealkylation sites (N-methyl/N-ethyl adjacent to an activating group) is 1. The third-order valence-corrected chi connectivity index (χ3v) is 12.6. The van der Waals surface area contributed by atoms with Crippen molar-refractivity contribution in [2.75, 3.05) is 51.2 Å². The molecule has 46 heavy (non-hydrogen) atoms. The van der Waals surface area contributed by atoms with Crippen molar-refractivity contribution in [3.8, 4) is 0 Å². The van der Waals surface area contributed by atoms with Crippen molar-refractivity contribution in [2.45, 2.75) is 67.2 Å². The molecule has 1 unspecified atom stereocenters. The van der Waals surface area contributed by atoms with Crippen LogP contribution in [-0.2, 0) is 26.6 Å². The topological polar surface area (TPSA) is 99.8 Å². The number of piperidine rings is 1. The number of carbonyl (C=O) groups is 1. The maximum Gasteiger partial charge on any atom is 0.214 e. The number of aromatic nitrogens is 1. The second kappa shape index (κ2) is 13.8. The Labute approximate surface area is 276 Å². The van der Waals surface area contributed by atoms with Crippen molar-refractivity contribution < 1.29 is 14.6 Å². The number of primary amides is 1. The minimum atomic E-state index is -3.51. The number of sulfone groups is 1. The maximum absolute atomic E-state index is 12.9. The van der Waals surface area contributed by atoms with Crippen LogP contribution in [0.15, 0.2) is 82.8 Å². The molecule has 1 amide bonds. The summed E-state index contributed by atoms with van der Waals surface area (Å²) in [6.45, 7) is 9.29. The Bertz CT molecular complexity index is 1580. The summed E-state index contributed by atoms with van der Waals surface area (Å²) in [5, 5.41) is 0. The highest BCUT2D eigenvalue weighted by atomic mass is 32.2. The summed E-state index contributed by atoms with van der Waals surface area (Å²) in [5.74, 6) is 1.93. The van der Waals surface area contributed by atoms with Crippen LogP contribution in [0.4, 0.5) is 5.69 Å². The summed E-state index contributed by atoms with van der Waals surface area (Å²) in [7, 11) is -1.17. The Hall–Kier alpha value is -3.27. The fourth-order valence-corrected chi connectivity index (χ4v) is 10.1. The van der Waals surface area contributed by atoms with E-state index < -0.39 is 9.84 Å². The number of hydrogen-bond donors (Lipinski definition) is 1. The summed E-state index contributed by atoms with van der Waals surface area (Å²) >= 11 is 0. The van der Waals surface area contributed by atoms with Crippen LogP contribution in [-0.4, -0.2) is 75.4 Å². The zero-order chi connectivity index (χ0) is 32.3. The lowest BCUT2D eigenvalue weighted by molar-refractivity contribution is -0.115. The van der Waals surface area contributed by atoms with Gasteiger partial charge in [0.05, 0.1) is 9.79 Å². The summed E-state index contributed by atoms with van der Waals surface area (Å²) in [4.78, 5) is 21.5. The molecule has 0 radical (unpaired) electrons. The van der Waals surface area contributed by atoms with Gasteiger partial charge in [-0.25, -0.2) is 8.42 Å². The number of anilines is 1. The molecule has 2 aromatic carbocycles. The van der Waals surface area contributed by atoms with Crippen LogP contribution in [0.2, 0.25) is 0 Å². The summed E-state index contributed by atoms with van der Waals surface area (Å²) in [6.07, 6.45) is 11.3. The van der Waals surface area contributed by atoms with Gasteiger partial charge in [-0.2, -0.15) is 0 Å². The van der Waals surface area contributed by atoms with Gasteiger partial charge in [0.2, 0.25) is 15.7 Å². The number of rotatable bonds is 7. The highest BCUT2D eigenvalue weighted by molar-refractivity contribution is 7.91. The Morgan fingerprint density at radius 1 is 0.913 bits per heavy atom. The number of carbonyl (C=O) groups excluding carboxylic acids is 1.